The number of nitrogens with zero attached hydrogens (tertiary/aromatic N) is 4. The molecule has 0 aromatic carbocycles. The lowest BCUT2D eigenvalue weighted by Gasteiger charge is -2.38. The maximum atomic E-state index is 12.8. The van der Waals surface area contributed by atoms with Crippen molar-refractivity contribution >= 4 is 17.4 Å². The van der Waals surface area contributed by atoms with Gasteiger partial charge in [0.2, 0.25) is 0 Å². The number of carbonyl (C=O) groups is 1. The minimum atomic E-state index is -4.52. The second kappa shape index (κ2) is 5.91. The van der Waals surface area contributed by atoms with Crippen LogP contribution in [0.4, 0.5) is 19.0 Å². The number of rotatable bonds is 2. The third-order valence-corrected chi connectivity index (χ3v) is 4.13. The van der Waals surface area contributed by atoms with Crippen molar-refractivity contribution in [1.82, 2.24) is 15.3 Å². The van der Waals surface area contributed by atoms with Gasteiger partial charge >= 0.3 is 6.18 Å². The zero-order valence-corrected chi connectivity index (χ0v) is 12.9. The molecular weight excluding hydrogens is 327 g/mol. The smallest absolute Gasteiger partial charge is 0.386 e. The monoisotopic (exact) mass is 343 g/mol. The van der Waals surface area contributed by atoms with Crippen LogP contribution in [0.25, 0.3) is 0 Å². The van der Waals surface area contributed by atoms with Crippen LogP contribution in [0.1, 0.15) is 25.0 Å². The SMILES string of the molecule is CNC(=O)C1=NO[C@@]2(CCCN(c3cc(C(F)(F)F)ncn3)C2)C1. The van der Waals surface area contributed by atoms with Crippen molar-refractivity contribution in [2.24, 2.45) is 5.16 Å². The van der Waals surface area contributed by atoms with Crippen molar-refractivity contribution in [3.63, 3.8) is 0 Å². The van der Waals surface area contributed by atoms with E-state index in [0.717, 1.165) is 12.4 Å². The minimum absolute atomic E-state index is 0.188. The zero-order chi connectivity index (χ0) is 17.4. The number of alkyl halides is 3. The van der Waals surface area contributed by atoms with Gasteiger partial charge in [0, 0.05) is 26.1 Å². The molecule has 0 radical (unpaired) electrons. The first-order valence-electron chi connectivity index (χ1n) is 7.44. The molecule has 24 heavy (non-hydrogen) atoms. The van der Waals surface area contributed by atoms with Crippen molar-refractivity contribution in [3.05, 3.63) is 18.1 Å². The van der Waals surface area contributed by atoms with E-state index in [0.29, 0.717) is 32.4 Å². The Hall–Kier alpha value is -2.39. The third kappa shape index (κ3) is 3.13. The average molecular weight is 343 g/mol. The van der Waals surface area contributed by atoms with Crippen LogP contribution in [0.3, 0.4) is 0 Å². The summed E-state index contributed by atoms with van der Waals surface area (Å²) in [6.45, 7) is 0.861. The van der Waals surface area contributed by atoms with Crippen LogP contribution in [0.2, 0.25) is 0 Å². The number of amides is 1. The second-order valence-electron chi connectivity index (χ2n) is 5.85. The number of carbonyl (C=O) groups excluding carboxylic acids is 1. The largest absolute Gasteiger partial charge is 0.433 e. The number of piperidine rings is 1. The van der Waals surface area contributed by atoms with Gasteiger partial charge in [-0.15, -0.1) is 0 Å². The molecule has 3 heterocycles. The molecule has 1 aromatic heterocycles. The van der Waals surface area contributed by atoms with Gasteiger partial charge in [0.25, 0.3) is 5.91 Å². The number of hydrogen-bond donors (Lipinski definition) is 1. The number of nitrogens with one attached hydrogen (secondary N) is 1. The standard InChI is InChI=1S/C14H16F3N5O2/c1-18-12(23)9-6-13(24-21-9)3-2-4-22(7-13)11-5-10(14(15,16)17)19-8-20-11/h5,8H,2-4,6-7H2,1H3,(H,18,23)/t13-/m0/s1. The maximum Gasteiger partial charge on any atom is 0.433 e. The highest BCUT2D eigenvalue weighted by Crippen LogP contribution is 2.36. The van der Waals surface area contributed by atoms with Crippen LogP contribution < -0.4 is 10.2 Å². The number of oxime groups is 1. The van der Waals surface area contributed by atoms with Crippen LogP contribution in [0.5, 0.6) is 0 Å². The van der Waals surface area contributed by atoms with Crippen LogP contribution in [0, 0.1) is 0 Å². The summed E-state index contributed by atoms with van der Waals surface area (Å²) in [5, 5.41) is 6.32. The summed E-state index contributed by atoms with van der Waals surface area (Å²) in [5.74, 6) is -0.126. The Kier molecular flexibility index (Phi) is 4.06. The molecule has 130 valence electrons. The molecule has 1 fully saturated rings. The van der Waals surface area contributed by atoms with E-state index < -0.39 is 17.5 Å². The van der Waals surface area contributed by atoms with Crippen molar-refractivity contribution in [1.29, 1.82) is 0 Å². The molecule has 3 rings (SSSR count). The fourth-order valence-electron chi connectivity index (χ4n) is 2.98. The van der Waals surface area contributed by atoms with Gasteiger partial charge in [-0.25, -0.2) is 9.97 Å². The fourth-order valence-corrected chi connectivity index (χ4v) is 2.98. The minimum Gasteiger partial charge on any atom is -0.386 e. The van der Waals surface area contributed by atoms with Crippen molar-refractivity contribution in [2.75, 3.05) is 25.0 Å². The molecule has 2 aliphatic heterocycles. The topological polar surface area (TPSA) is 79.7 Å². The molecule has 1 saturated heterocycles. The molecule has 10 heteroatoms. The van der Waals surface area contributed by atoms with E-state index in [-0.39, 0.29) is 17.4 Å². The van der Waals surface area contributed by atoms with Gasteiger partial charge in [0.1, 0.15) is 23.6 Å². The number of anilines is 1. The predicted molar refractivity (Wildman–Crippen MR) is 78.4 cm³/mol. The normalized spacial score (nSPS) is 23.8. The van der Waals surface area contributed by atoms with Crippen molar-refractivity contribution < 1.29 is 22.8 Å². The highest BCUT2D eigenvalue weighted by Gasteiger charge is 2.45. The van der Waals surface area contributed by atoms with Gasteiger partial charge in [0.15, 0.2) is 5.60 Å². The van der Waals surface area contributed by atoms with Gasteiger partial charge in [-0.2, -0.15) is 13.2 Å². The van der Waals surface area contributed by atoms with E-state index in [9.17, 15) is 18.0 Å². The van der Waals surface area contributed by atoms with E-state index >= 15 is 0 Å². The Morgan fingerprint density at radius 3 is 2.92 bits per heavy atom. The predicted octanol–water partition coefficient (Wildman–Crippen LogP) is 1.36. The zero-order valence-electron chi connectivity index (χ0n) is 12.9. The molecule has 0 bridgehead atoms. The van der Waals surface area contributed by atoms with Gasteiger partial charge in [-0.1, -0.05) is 5.16 Å². The summed E-state index contributed by atoms with van der Waals surface area (Å²) >= 11 is 0. The Morgan fingerprint density at radius 2 is 2.21 bits per heavy atom. The molecule has 0 unspecified atom stereocenters. The molecule has 1 N–H and O–H groups in total. The molecule has 2 aliphatic rings. The molecule has 0 aliphatic carbocycles. The van der Waals surface area contributed by atoms with Gasteiger partial charge in [-0.3, -0.25) is 4.79 Å². The maximum absolute atomic E-state index is 12.8. The summed E-state index contributed by atoms with van der Waals surface area (Å²) in [4.78, 5) is 26.1. The molecular formula is C14H16F3N5O2. The lowest BCUT2D eigenvalue weighted by Crippen LogP contribution is -2.49. The molecule has 1 aromatic rings. The van der Waals surface area contributed by atoms with E-state index in [1.165, 1.54) is 7.05 Å². The van der Waals surface area contributed by atoms with Crippen LogP contribution in [-0.4, -0.2) is 47.3 Å². The van der Waals surface area contributed by atoms with E-state index in [2.05, 4.69) is 20.4 Å². The summed E-state index contributed by atoms with van der Waals surface area (Å²) in [7, 11) is 1.50. The van der Waals surface area contributed by atoms with Crippen molar-refractivity contribution in [2.45, 2.75) is 31.0 Å². The summed E-state index contributed by atoms with van der Waals surface area (Å²) < 4.78 is 38.4. The Morgan fingerprint density at radius 1 is 1.42 bits per heavy atom. The Bertz CT molecular complexity index is 679. The lowest BCUT2D eigenvalue weighted by atomic mass is 9.88. The first kappa shape index (κ1) is 16.5. The first-order valence-corrected chi connectivity index (χ1v) is 7.44. The number of aromatic nitrogens is 2. The summed E-state index contributed by atoms with van der Waals surface area (Å²) in [6.07, 6.45) is -1.93. The quantitative estimate of drug-likeness (QED) is 0.877. The summed E-state index contributed by atoms with van der Waals surface area (Å²) in [6, 6.07) is 0.925. The van der Waals surface area contributed by atoms with Gasteiger partial charge < -0.3 is 15.1 Å². The highest BCUT2D eigenvalue weighted by atomic mass is 19.4. The summed E-state index contributed by atoms with van der Waals surface area (Å²) in [5.41, 5.74) is -1.40. The Labute approximate surface area is 135 Å². The van der Waals surface area contributed by atoms with Crippen LogP contribution >= 0.6 is 0 Å². The lowest BCUT2D eigenvalue weighted by molar-refractivity contribution is -0.141. The van der Waals surface area contributed by atoms with Gasteiger partial charge in [0.05, 0.1) is 6.54 Å². The molecule has 0 saturated carbocycles. The fraction of sp³-hybridized carbons (Fsp3) is 0.571. The van der Waals surface area contributed by atoms with E-state index in [1.807, 2.05) is 0 Å². The van der Waals surface area contributed by atoms with Crippen molar-refractivity contribution in [3.8, 4) is 0 Å². The number of hydrogen-bond acceptors (Lipinski definition) is 6. The van der Waals surface area contributed by atoms with E-state index in [4.69, 9.17) is 4.84 Å². The first-order chi connectivity index (χ1) is 11.3. The Balaban J connectivity index is 1.77. The second-order valence-corrected chi connectivity index (χ2v) is 5.85. The third-order valence-electron chi connectivity index (χ3n) is 4.13. The average Bonchev–Trinajstić information content (AvgIpc) is 2.97. The molecule has 7 nitrogen and oxygen atoms in total. The van der Waals surface area contributed by atoms with Crippen LogP contribution in [-0.2, 0) is 15.8 Å². The molecule has 1 spiro atoms. The van der Waals surface area contributed by atoms with Crippen LogP contribution in [0.15, 0.2) is 17.5 Å². The van der Waals surface area contributed by atoms with E-state index in [1.54, 1.807) is 4.90 Å². The molecule has 1 atom stereocenters. The highest BCUT2D eigenvalue weighted by molar-refractivity contribution is 6.39. The number of halogens is 3. The molecule has 1 amide bonds. The van der Waals surface area contributed by atoms with Gasteiger partial charge in [-0.05, 0) is 12.8 Å².